The largest absolute Gasteiger partial charge is 0.336 e. The van der Waals surface area contributed by atoms with Gasteiger partial charge in [0.2, 0.25) is 5.91 Å². The van der Waals surface area contributed by atoms with E-state index in [1.807, 2.05) is 18.3 Å². The third-order valence-electron chi connectivity index (χ3n) is 8.79. The van der Waals surface area contributed by atoms with Crippen molar-refractivity contribution in [3.8, 4) is 0 Å². The molecule has 1 amide bonds. The molecule has 5 aliphatic rings. The van der Waals surface area contributed by atoms with E-state index in [4.69, 9.17) is 5.73 Å². The normalized spacial score (nSPS) is 46.0. The molecule has 6 rings (SSSR count). The molecule has 2 saturated heterocycles. The number of nitrogens with two attached hydrogens (primary N) is 1. The first-order valence-corrected chi connectivity index (χ1v) is 11.9. The second-order valence-corrected chi connectivity index (χ2v) is 10.3. The second-order valence-electron chi connectivity index (χ2n) is 10.3. The smallest absolute Gasteiger partial charge is 0.227 e. The van der Waals surface area contributed by atoms with Crippen LogP contribution >= 0.6 is 0 Å². The highest BCUT2D eigenvalue weighted by Crippen LogP contribution is 2.52. The summed E-state index contributed by atoms with van der Waals surface area (Å²) < 4.78 is 0. The number of pyridine rings is 1. The molecular weight excluding hydrogens is 376 g/mol. The molecule has 7 heteroatoms. The van der Waals surface area contributed by atoms with Crippen molar-refractivity contribution in [3.05, 3.63) is 30.1 Å². The standard InChI is InChI=1S/C23H34N6O/c24-20-16(14-4-1-5-18-17(14)11-26-29-18)9-15(12-6-7-12)21-19(20)23(30)28-22(27-21)13-3-2-8-25-10-13/h2-3,8,10,12,14-22,26-27,29H,1,4-7,9,11,24H2,(H,28,30). The minimum absolute atomic E-state index is 0.0725. The van der Waals surface area contributed by atoms with Gasteiger partial charge in [0.1, 0.15) is 6.17 Å². The van der Waals surface area contributed by atoms with Crippen LogP contribution in [-0.4, -0.2) is 35.6 Å². The van der Waals surface area contributed by atoms with E-state index >= 15 is 0 Å². The van der Waals surface area contributed by atoms with E-state index in [9.17, 15) is 4.79 Å². The molecule has 0 bridgehead atoms. The van der Waals surface area contributed by atoms with Crippen molar-refractivity contribution in [2.24, 2.45) is 41.2 Å². The summed E-state index contributed by atoms with van der Waals surface area (Å²) in [7, 11) is 0. The molecule has 3 heterocycles. The number of rotatable bonds is 3. The van der Waals surface area contributed by atoms with E-state index in [2.05, 4.69) is 26.5 Å². The van der Waals surface area contributed by atoms with Crippen molar-refractivity contribution >= 4 is 5.91 Å². The summed E-state index contributed by atoms with van der Waals surface area (Å²) in [6.45, 7) is 1.04. The van der Waals surface area contributed by atoms with Crippen molar-refractivity contribution in [1.82, 2.24) is 26.5 Å². The van der Waals surface area contributed by atoms with Crippen LogP contribution in [0.5, 0.6) is 0 Å². The number of hydrazine groups is 1. The number of hydrogen-bond donors (Lipinski definition) is 5. The summed E-state index contributed by atoms with van der Waals surface area (Å²) in [4.78, 5) is 17.6. The van der Waals surface area contributed by atoms with E-state index < -0.39 is 0 Å². The maximum absolute atomic E-state index is 13.4. The van der Waals surface area contributed by atoms with Gasteiger partial charge in [0.25, 0.3) is 0 Å². The molecule has 162 valence electrons. The third-order valence-corrected chi connectivity index (χ3v) is 8.79. The van der Waals surface area contributed by atoms with Crippen LogP contribution in [0.1, 0.15) is 50.3 Å². The van der Waals surface area contributed by atoms with Crippen molar-refractivity contribution in [2.75, 3.05) is 6.54 Å². The van der Waals surface area contributed by atoms with Gasteiger partial charge < -0.3 is 11.1 Å². The Morgan fingerprint density at radius 3 is 2.77 bits per heavy atom. The Morgan fingerprint density at radius 1 is 1.07 bits per heavy atom. The van der Waals surface area contributed by atoms with Crippen LogP contribution < -0.4 is 27.2 Å². The minimum Gasteiger partial charge on any atom is -0.336 e. The molecule has 3 saturated carbocycles. The van der Waals surface area contributed by atoms with Gasteiger partial charge >= 0.3 is 0 Å². The van der Waals surface area contributed by atoms with Gasteiger partial charge in [-0.3, -0.25) is 25.9 Å². The van der Waals surface area contributed by atoms with Crippen LogP contribution in [-0.2, 0) is 4.79 Å². The Labute approximate surface area is 178 Å². The van der Waals surface area contributed by atoms with Crippen LogP contribution in [0.15, 0.2) is 24.5 Å². The van der Waals surface area contributed by atoms with Crippen molar-refractivity contribution in [3.63, 3.8) is 0 Å². The van der Waals surface area contributed by atoms with E-state index in [0.29, 0.717) is 29.7 Å². The maximum atomic E-state index is 13.4. The van der Waals surface area contributed by atoms with Gasteiger partial charge in [-0.2, -0.15) is 0 Å². The fourth-order valence-electron chi connectivity index (χ4n) is 7.24. The van der Waals surface area contributed by atoms with Gasteiger partial charge in [-0.1, -0.05) is 12.5 Å². The quantitative estimate of drug-likeness (QED) is 0.510. The lowest BCUT2D eigenvalue weighted by molar-refractivity contribution is -0.136. The highest BCUT2D eigenvalue weighted by Gasteiger charge is 2.56. The monoisotopic (exact) mass is 410 g/mol. The molecule has 0 spiro atoms. The van der Waals surface area contributed by atoms with Crippen LogP contribution in [0.4, 0.5) is 0 Å². The molecular formula is C23H34N6O. The van der Waals surface area contributed by atoms with E-state index in [1.165, 1.54) is 38.5 Å². The second kappa shape index (κ2) is 7.55. The number of carbonyl (C=O) groups excluding carboxylic acids is 1. The first-order chi connectivity index (χ1) is 14.7. The van der Waals surface area contributed by atoms with Gasteiger partial charge in [-0.15, -0.1) is 0 Å². The number of amides is 1. The molecule has 5 fully saturated rings. The molecule has 1 aromatic heterocycles. The number of carbonyl (C=O) groups is 1. The van der Waals surface area contributed by atoms with Crippen LogP contribution in [0, 0.1) is 35.5 Å². The first kappa shape index (κ1) is 19.2. The molecule has 9 atom stereocenters. The Balaban J connectivity index is 1.28. The van der Waals surface area contributed by atoms with Gasteiger partial charge in [0.05, 0.1) is 5.92 Å². The molecule has 30 heavy (non-hydrogen) atoms. The summed E-state index contributed by atoms with van der Waals surface area (Å²) in [5.41, 5.74) is 14.9. The molecule has 7 nitrogen and oxygen atoms in total. The van der Waals surface area contributed by atoms with Gasteiger partial charge in [-0.25, -0.2) is 0 Å². The van der Waals surface area contributed by atoms with Crippen LogP contribution in [0.2, 0.25) is 0 Å². The number of hydrogen-bond acceptors (Lipinski definition) is 6. The number of nitrogens with one attached hydrogen (secondary N) is 4. The molecule has 9 unspecified atom stereocenters. The molecule has 1 aromatic rings. The van der Waals surface area contributed by atoms with Gasteiger partial charge in [-0.05, 0) is 67.8 Å². The zero-order valence-corrected chi connectivity index (χ0v) is 17.5. The fourth-order valence-corrected chi connectivity index (χ4v) is 7.24. The highest BCUT2D eigenvalue weighted by atomic mass is 16.2. The van der Waals surface area contributed by atoms with Gasteiger partial charge in [0.15, 0.2) is 0 Å². The SMILES string of the molecule is NC1C(C2CCCC3NNCC32)CC(C2CC2)C2NC(c3cccnc3)NC(=O)C12. The lowest BCUT2D eigenvalue weighted by atomic mass is 9.58. The molecule has 0 radical (unpaired) electrons. The van der Waals surface area contributed by atoms with Crippen molar-refractivity contribution in [2.45, 2.75) is 62.8 Å². The zero-order chi connectivity index (χ0) is 20.2. The Morgan fingerprint density at radius 2 is 1.97 bits per heavy atom. The predicted octanol–water partition coefficient (Wildman–Crippen LogP) is 1.05. The summed E-state index contributed by atoms with van der Waals surface area (Å²) in [6.07, 6.45) is 11.0. The van der Waals surface area contributed by atoms with Crippen molar-refractivity contribution in [1.29, 1.82) is 0 Å². The number of nitrogens with zero attached hydrogens (tertiary/aromatic N) is 1. The summed E-state index contributed by atoms with van der Waals surface area (Å²) in [5.74, 6) is 3.00. The Bertz CT molecular complexity index is 785. The van der Waals surface area contributed by atoms with E-state index in [0.717, 1.165) is 18.0 Å². The molecule has 0 aromatic carbocycles. The average molecular weight is 411 g/mol. The predicted molar refractivity (Wildman–Crippen MR) is 114 cm³/mol. The lowest BCUT2D eigenvalue weighted by Gasteiger charge is -2.53. The zero-order valence-electron chi connectivity index (χ0n) is 17.5. The molecule has 3 aliphatic carbocycles. The van der Waals surface area contributed by atoms with E-state index in [1.54, 1.807) is 6.20 Å². The van der Waals surface area contributed by atoms with Crippen LogP contribution in [0.25, 0.3) is 0 Å². The number of aromatic nitrogens is 1. The lowest BCUT2D eigenvalue weighted by Crippen LogP contribution is -2.68. The minimum atomic E-state index is -0.167. The van der Waals surface area contributed by atoms with Crippen molar-refractivity contribution < 1.29 is 4.79 Å². The third kappa shape index (κ3) is 3.18. The van der Waals surface area contributed by atoms with E-state index in [-0.39, 0.29) is 30.1 Å². The fraction of sp³-hybridized carbons (Fsp3) is 0.739. The molecule has 2 aliphatic heterocycles. The topological polar surface area (TPSA) is 104 Å². The first-order valence-electron chi connectivity index (χ1n) is 11.9. The summed E-state index contributed by atoms with van der Waals surface area (Å²) in [6, 6.07) is 4.63. The molecule has 6 N–H and O–H groups in total. The van der Waals surface area contributed by atoms with Gasteiger partial charge in [0, 0.05) is 42.6 Å². The Hall–Kier alpha value is -1.54. The highest BCUT2D eigenvalue weighted by molar-refractivity contribution is 5.82. The van der Waals surface area contributed by atoms with Crippen LogP contribution in [0.3, 0.4) is 0 Å². The summed E-state index contributed by atoms with van der Waals surface area (Å²) >= 11 is 0. The Kier molecular flexibility index (Phi) is 4.82. The number of fused-ring (bicyclic) bond motifs is 2. The average Bonchev–Trinajstić information content (AvgIpc) is 3.50. The maximum Gasteiger partial charge on any atom is 0.227 e. The summed E-state index contributed by atoms with van der Waals surface area (Å²) in [5, 5.41) is 7.01.